The second-order valence-corrected chi connectivity index (χ2v) is 8.39. The normalized spacial score (nSPS) is 15.4. The van der Waals surface area contributed by atoms with E-state index < -0.39 is 0 Å². The summed E-state index contributed by atoms with van der Waals surface area (Å²) in [5.74, 6) is 1.58. The number of nitrogens with zero attached hydrogens (tertiary/aromatic N) is 3. The molecule has 0 radical (unpaired) electrons. The Bertz CT molecular complexity index is 1070. The number of methoxy groups -OCH3 is 1. The summed E-state index contributed by atoms with van der Waals surface area (Å²) in [4.78, 5) is 16.4. The fourth-order valence-electron chi connectivity index (χ4n) is 3.98. The topological polar surface area (TPSA) is 56.6 Å². The van der Waals surface area contributed by atoms with Crippen LogP contribution in [0.3, 0.4) is 0 Å². The van der Waals surface area contributed by atoms with E-state index in [9.17, 15) is 4.79 Å². The third kappa shape index (κ3) is 3.48. The van der Waals surface area contributed by atoms with Crippen LogP contribution in [0.2, 0.25) is 0 Å². The number of thioether (sulfide) groups is 1. The number of rotatable bonds is 4. The SMILES string of the molecule is COc1ccc(Cn2nc(C(=O)N3CCOCC3)c3c2-c2ccccc2SC3)cc1. The molecule has 0 atom stereocenters. The summed E-state index contributed by atoms with van der Waals surface area (Å²) in [5, 5.41) is 4.84. The van der Waals surface area contributed by atoms with Crippen molar-refractivity contribution in [1.29, 1.82) is 0 Å². The highest BCUT2D eigenvalue weighted by Gasteiger charge is 2.31. The van der Waals surface area contributed by atoms with E-state index in [0.29, 0.717) is 38.5 Å². The van der Waals surface area contributed by atoms with E-state index in [1.165, 1.54) is 4.90 Å². The van der Waals surface area contributed by atoms with Crippen LogP contribution in [-0.2, 0) is 17.0 Å². The van der Waals surface area contributed by atoms with Crippen molar-refractivity contribution < 1.29 is 14.3 Å². The summed E-state index contributed by atoms with van der Waals surface area (Å²) >= 11 is 1.77. The van der Waals surface area contributed by atoms with Gasteiger partial charge in [0.05, 0.1) is 32.6 Å². The second kappa shape index (κ2) is 8.16. The Labute approximate surface area is 179 Å². The molecule has 0 saturated carbocycles. The smallest absolute Gasteiger partial charge is 0.274 e. The summed E-state index contributed by atoms with van der Waals surface area (Å²) in [6.45, 7) is 2.99. The summed E-state index contributed by atoms with van der Waals surface area (Å²) < 4.78 is 12.7. The van der Waals surface area contributed by atoms with Gasteiger partial charge in [0.15, 0.2) is 5.69 Å². The molecule has 2 aliphatic rings. The molecule has 7 heteroatoms. The lowest BCUT2D eigenvalue weighted by molar-refractivity contribution is 0.0298. The number of hydrogen-bond donors (Lipinski definition) is 0. The van der Waals surface area contributed by atoms with E-state index in [2.05, 4.69) is 18.2 Å². The number of carbonyl (C=O) groups excluding carboxylic acids is 1. The lowest BCUT2D eigenvalue weighted by atomic mass is 10.0. The highest BCUT2D eigenvalue weighted by atomic mass is 32.2. The molecular formula is C23H23N3O3S. The van der Waals surface area contributed by atoms with Gasteiger partial charge in [-0.3, -0.25) is 9.48 Å². The average molecular weight is 422 g/mol. The fraction of sp³-hybridized carbons (Fsp3) is 0.304. The zero-order valence-electron chi connectivity index (χ0n) is 16.8. The summed E-state index contributed by atoms with van der Waals surface area (Å²) in [5.41, 5.74) is 4.91. The maximum Gasteiger partial charge on any atom is 0.274 e. The zero-order chi connectivity index (χ0) is 20.5. The molecule has 6 nitrogen and oxygen atoms in total. The van der Waals surface area contributed by atoms with Crippen LogP contribution in [0.4, 0.5) is 0 Å². The number of amides is 1. The Balaban J connectivity index is 1.57. The van der Waals surface area contributed by atoms with Crippen LogP contribution in [0.5, 0.6) is 5.75 Å². The van der Waals surface area contributed by atoms with Gasteiger partial charge in [0.2, 0.25) is 0 Å². The summed E-state index contributed by atoms with van der Waals surface area (Å²) in [6, 6.07) is 16.3. The van der Waals surface area contributed by atoms with Crippen LogP contribution in [-0.4, -0.2) is 54.0 Å². The Morgan fingerprint density at radius 3 is 2.67 bits per heavy atom. The maximum atomic E-state index is 13.3. The van der Waals surface area contributed by atoms with Crippen LogP contribution in [0.15, 0.2) is 53.4 Å². The second-order valence-electron chi connectivity index (χ2n) is 7.37. The quantitative estimate of drug-likeness (QED) is 0.643. The molecule has 1 fully saturated rings. The molecule has 0 unspecified atom stereocenters. The summed E-state index contributed by atoms with van der Waals surface area (Å²) in [6.07, 6.45) is 0. The van der Waals surface area contributed by atoms with Crippen molar-refractivity contribution in [3.63, 3.8) is 0 Å². The molecule has 0 N–H and O–H groups in total. The van der Waals surface area contributed by atoms with Crippen molar-refractivity contribution in [3.8, 4) is 17.0 Å². The minimum absolute atomic E-state index is 0.00279. The van der Waals surface area contributed by atoms with Gasteiger partial charge in [0.25, 0.3) is 5.91 Å². The van der Waals surface area contributed by atoms with Crippen molar-refractivity contribution in [2.24, 2.45) is 0 Å². The van der Waals surface area contributed by atoms with Gasteiger partial charge in [-0.25, -0.2) is 0 Å². The number of morpholine rings is 1. The molecule has 5 rings (SSSR count). The predicted molar refractivity (Wildman–Crippen MR) is 116 cm³/mol. The van der Waals surface area contributed by atoms with Crippen molar-refractivity contribution in [3.05, 3.63) is 65.4 Å². The molecule has 2 aromatic carbocycles. The van der Waals surface area contributed by atoms with Crippen LogP contribution in [0, 0.1) is 0 Å². The largest absolute Gasteiger partial charge is 0.497 e. The zero-order valence-corrected chi connectivity index (χ0v) is 17.7. The van der Waals surface area contributed by atoms with E-state index in [1.807, 2.05) is 39.9 Å². The number of aromatic nitrogens is 2. The Morgan fingerprint density at radius 2 is 1.90 bits per heavy atom. The monoisotopic (exact) mass is 421 g/mol. The molecule has 0 bridgehead atoms. The van der Waals surface area contributed by atoms with Crippen LogP contribution in [0.25, 0.3) is 11.3 Å². The number of carbonyl (C=O) groups is 1. The Kier molecular flexibility index (Phi) is 5.23. The van der Waals surface area contributed by atoms with Crippen LogP contribution < -0.4 is 4.74 Å². The van der Waals surface area contributed by atoms with Gasteiger partial charge in [-0.2, -0.15) is 5.10 Å². The minimum Gasteiger partial charge on any atom is -0.497 e. The molecule has 154 valence electrons. The highest BCUT2D eigenvalue weighted by Crippen LogP contribution is 2.43. The van der Waals surface area contributed by atoms with Gasteiger partial charge in [0.1, 0.15) is 5.75 Å². The van der Waals surface area contributed by atoms with Gasteiger partial charge < -0.3 is 14.4 Å². The van der Waals surface area contributed by atoms with E-state index in [0.717, 1.165) is 33.9 Å². The average Bonchev–Trinajstić information content (AvgIpc) is 3.18. The van der Waals surface area contributed by atoms with Crippen LogP contribution in [0.1, 0.15) is 21.6 Å². The molecule has 1 amide bonds. The van der Waals surface area contributed by atoms with Crippen molar-refractivity contribution in [1.82, 2.24) is 14.7 Å². The molecule has 30 heavy (non-hydrogen) atoms. The lowest BCUT2D eigenvalue weighted by Crippen LogP contribution is -2.41. The third-order valence-electron chi connectivity index (χ3n) is 5.56. The van der Waals surface area contributed by atoms with Crippen molar-refractivity contribution >= 4 is 17.7 Å². The molecule has 0 aliphatic carbocycles. The lowest BCUT2D eigenvalue weighted by Gasteiger charge is -2.26. The third-order valence-corrected chi connectivity index (χ3v) is 6.66. The minimum atomic E-state index is 0.00279. The first-order valence-corrected chi connectivity index (χ1v) is 11.0. The highest BCUT2D eigenvalue weighted by molar-refractivity contribution is 7.98. The maximum absolute atomic E-state index is 13.3. The van der Waals surface area contributed by atoms with Crippen molar-refractivity contribution in [2.75, 3.05) is 33.4 Å². The number of ether oxygens (including phenoxy) is 2. The molecule has 3 aromatic rings. The van der Waals surface area contributed by atoms with Crippen molar-refractivity contribution in [2.45, 2.75) is 17.2 Å². The van der Waals surface area contributed by atoms with E-state index in [1.54, 1.807) is 18.9 Å². The van der Waals surface area contributed by atoms with Crippen LogP contribution >= 0.6 is 11.8 Å². The Hall–Kier alpha value is -2.77. The van der Waals surface area contributed by atoms with Gasteiger partial charge in [-0.15, -0.1) is 11.8 Å². The standard InChI is InChI=1S/C23H23N3O3S/c1-28-17-8-6-16(7-9-17)14-26-22-18-4-2-3-5-20(18)30-15-19(22)21(24-26)23(27)25-10-12-29-13-11-25/h2-9H,10-15H2,1H3. The van der Waals surface area contributed by atoms with E-state index in [-0.39, 0.29) is 5.91 Å². The number of benzene rings is 2. The molecule has 2 aliphatic heterocycles. The molecule has 3 heterocycles. The molecule has 0 spiro atoms. The van der Waals surface area contributed by atoms with Gasteiger partial charge in [0, 0.05) is 34.9 Å². The first-order valence-electron chi connectivity index (χ1n) is 10.1. The van der Waals surface area contributed by atoms with E-state index in [4.69, 9.17) is 14.6 Å². The number of hydrogen-bond acceptors (Lipinski definition) is 5. The fourth-order valence-corrected chi connectivity index (χ4v) is 5.05. The van der Waals surface area contributed by atoms with Gasteiger partial charge in [-0.1, -0.05) is 30.3 Å². The molecular weight excluding hydrogens is 398 g/mol. The number of fused-ring (bicyclic) bond motifs is 3. The summed E-state index contributed by atoms with van der Waals surface area (Å²) in [7, 11) is 1.66. The molecule has 1 saturated heterocycles. The molecule has 1 aromatic heterocycles. The van der Waals surface area contributed by atoms with Gasteiger partial charge >= 0.3 is 0 Å². The first kappa shape index (κ1) is 19.2. The van der Waals surface area contributed by atoms with E-state index >= 15 is 0 Å². The predicted octanol–water partition coefficient (Wildman–Crippen LogP) is 3.69. The Morgan fingerprint density at radius 1 is 1.13 bits per heavy atom. The van der Waals surface area contributed by atoms with Gasteiger partial charge in [-0.05, 0) is 23.8 Å². The first-order chi connectivity index (χ1) is 14.7.